The average Bonchev–Trinajstić information content (AvgIpc) is 2.45. The molecular formula is C10H10BrNO2S. The van der Waals surface area contributed by atoms with Crippen molar-refractivity contribution in [3.05, 3.63) is 34.4 Å². The van der Waals surface area contributed by atoms with Crippen molar-refractivity contribution in [2.75, 3.05) is 6.26 Å². The van der Waals surface area contributed by atoms with E-state index in [2.05, 4.69) is 20.9 Å². The molecule has 0 aliphatic carbocycles. The van der Waals surface area contributed by atoms with Gasteiger partial charge in [-0.05, 0) is 28.1 Å². The Hall–Kier alpha value is -0.810. The van der Waals surface area contributed by atoms with E-state index in [0.717, 1.165) is 21.1 Å². The molecule has 0 spiro atoms. The minimum Gasteiger partial charge on any atom is -0.357 e. The molecule has 3 nitrogen and oxygen atoms in total. The van der Waals surface area contributed by atoms with Crippen molar-refractivity contribution in [1.29, 1.82) is 0 Å². The number of rotatable bonds is 2. The van der Waals surface area contributed by atoms with Crippen molar-refractivity contribution >= 4 is 36.7 Å². The largest absolute Gasteiger partial charge is 0.357 e. The molecule has 2 aromatic rings. The molecule has 0 amide bonds. The smallest absolute Gasteiger partial charge is 0.153 e. The molecule has 0 saturated carbocycles. The summed E-state index contributed by atoms with van der Waals surface area (Å²) in [5.74, 6) is 0.0497. The van der Waals surface area contributed by atoms with Crippen LogP contribution in [-0.4, -0.2) is 19.7 Å². The number of nitrogens with one attached hydrogen (secondary N) is 1. The van der Waals surface area contributed by atoms with Gasteiger partial charge in [0, 0.05) is 21.8 Å². The summed E-state index contributed by atoms with van der Waals surface area (Å²) in [7, 11) is -2.98. The van der Waals surface area contributed by atoms with Gasteiger partial charge in [0.2, 0.25) is 0 Å². The van der Waals surface area contributed by atoms with E-state index in [0.29, 0.717) is 0 Å². The highest BCUT2D eigenvalue weighted by atomic mass is 79.9. The summed E-state index contributed by atoms with van der Waals surface area (Å²) in [5, 5.41) is 1.02. The number of para-hydroxylation sites is 1. The van der Waals surface area contributed by atoms with Gasteiger partial charge >= 0.3 is 0 Å². The fourth-order valence-corrected chi connectivity index (χ4v) is 2.74. The van der Waals surface area contributed by atoms with Gasteiger partial charge < -0.3 is 4.98 Å². The van der Waals surface area contributed by atoms with E-state index in [1.54, 1.807) is 0 Å². The maximum absolute atomic E-state index is 11.1. The Balaban J connectivity index is 2.53. The van der Waals surface area contributed by atoms with Crippen LogP contribution in [0.5, 0.6) is 0 Å². The number of hydrogen-bond acceptors (Lipinski definition) is 2. The van der Waals surface area contributed by atoms with Crippen LogP contribution < -0.4 is 0 Å². The Morgan fingerprint density at radius 1 is 1.40 bits per heavy atom. The zero-order chi connectivity index (χ0) is 11.1. The topological polar surface area (TPSA) is 49.9 Å². The number of fused-ring (bicyclic) bond motifs is 1. The molecule has 0 aliphatic heterocycles. The lowest BCUT2D eigenvalue weighted by molar-refractivity contribution is 0.600. The molecule has 5 heteroatoms. The summed E-state index contributed by atoms with van der Waals surface area (Å²) in [6, 6.07) is 7.65. The molecule has 80 valence electrons. The van der Waals surface area contributed by atoms with E-state index >= 15 is 0 Å². The number of H-pyrrole nitrogens is 1. The number of sulfone groups is 1. The molecule has 15 heavy (non-hydrogen) atoms. The first-order valence-corrected chi connectivity index (χ1v) is 7.25. The lowest BCUT2D eigenvalue weighted by Crippen LogP contribution is -2.00. The fourth-order valence-electron chi connectivity index (χ4n) is 1.54. The van der Waals surface area contributed by atoms with E-state index in [1.165, 1.54) is 6.26 Å². The highest BCUT2D eigenvalue weighted by Gasteiger charge is 2.08. The van der Waals surface area contributed by atoms with E-state index in [9.17, 15) is 8.42 Å². The minimum atomic E-state index is -2.98. The van der Waals surface area contributed by atoms with Gasteiger partial charge in [0.25, 0.3) is 0 Å². The van der Waals surface area contributed by atoms with Crippen molar-refractivity contribution in [2.45, 2.75) is 5.75 Å². The van der Waals surface area contributed by atoms with Gasteiger partial charge in [0.1, 0.15) is 0 Å². The Kier molecular flexibility index (Phi) is 2.60. The summed E-state index contributed by atoms with van der Waals surface area (Å²) in [6.07, 6.45) is 1.23. The second-order valence-corrected chi connectivity index (χ2v) is 6.56. The van der Waals surface area contributed by atoms with Crippen molar-refractivity contribution in [3.8, 4) is 0 Å². The lowest BCUT2D eigenvalue weighted by atomic mass is 10.2. The molecule has 2 rings (SSSR count). The third-order valence-corrected chi connectivity index (χ3v) is 3.58. The molecular weight excluding hydrogens is 278 g/mol. The van der Waals surface area contributed by atoms with Crippen LogP contribution in [0.25, 0.3) is 10.9 Å². The standard InChI is InChI=1S/C10H10BrNO2S/c1-15(13,14)6-8-5-7-3-2-4-9(11)10(7)12-8/h2-5,12H,6H2,1H3. The lowest BCUT2D eigenvalue weighted by Gasteiger charge is -1.94. The third kappa shape index (κ3) is 2.41. The predicted octanol–water partition coefficient (Wildman–Crippen LogP) is 2.48. The molecule has 1 aromatic heterocycles. The van der Waals surface area contributed by atoms with E-state index < -0.39 is 9.84 Å². The van der Waals surface area contributed by atoms with Gasteiger partial charge in [-0.25, -0.2) is 8.42 Å². The second-order valence-electron chi connectivity index (χ2n) is 3.57. The molecule has 0 fully saturated rings. The quantitative estimate of drug-likeness (QED) is 0.923. The Labute approximate surface area is 96.5 Å². The van der Waals surface area contributed by atoms with Crippen molar-refractivity contribution in [2.24, 2.45) is 0 Å². The monoisotopic (exact) mass is 287 g/mol. The molecule has 0 bridgehead atoms. The molecule has 0 aliphatic rings. The first-order chi connectivity index (χ1) is 6.96. The van der Waals surface area contributed by atoms with E-state index in [4.69, 9.17) is 0 Å². The maximum Gasteiger partial charge on any atom is 0.153 e. The van der Waals surface area contributed by atoms with Gasteiger partial charge in [-0.1, -0.05) is 12.1 Å². The normalized spacial score (nSPS) is 12.1. The summed E-state index contributed by atoms with van der Waals surface area (Å²) in [6.45, 7) is 0. The molecule has 0 unspecified atom stereocenters. The van der Waals surface area contributed by atoms with Gasteiger partial charge in [-0.3, -0.25) is 0 Å². The van der Waals surface area contributed by atoms with Crippen LogP contribution in [0.4, 0.5) is 0 Å². The van der Waals surface area contributed by atoms with Gasteiger partial charge in [-0.2, -0.15) is 0 Å². The average molecular weight is 288 g/mol. The first kappa shape index (κ1) is 10.7. The number of hydrogen-bond donors (Lipinski definition) is 1. The molecule has 1 aromatic carbocycles. The maximum atomic E-state index is 11.1. The van der Waals surface area contributed by atoms with Gasteiger partial charge in [-0.15, -0.1) is 0 Å². The number of halogens is 1. The molecule has 1 N–H and O–H groups in total. The third-order valence-electron chi connectivity index (χ3n) is 2.08. The van der Waals surface area contributed by atoms with Gasteiger partial charge in [0.15, 0.2) is 9.84 Å². The highest BCUT2D eigenvalue weighted by molar-refractivity contribution is 9.10. The first-order valence-electron chi connectivity index (χ1n) is 4.39. The SMILES string of the molecule is CS(=O)(=O)Cc1cc2cccc(Br)c2[nH]1. The number of benzene rings is 1. The zero-order valence-corrected chi connectivity index (χ0v) is 10.5. The van der Waals surface area contributed by atoms with Crippen LogP contribution in [0.15, 0.2) is 28.7 Å². The summed E-state index contributed by atoms with van der Waals surface area (Å²) < 4.78 is 23.2. The molecule has 1 heterocycles. The van der Waals surface area contributed by atoms with Gasteiger partial charge in [0.05, 0.1) is 11.3 Å². The fraction of sp³-hybridized carbons (Fsp3) is 0.200. The van der Waals surface area contributed by atoms with Crippen LogP contribution in [0, 0.1) is 0 Å². The molecule has 0 atom stereocenters. The van der Waals surface area contributed by atoms with Crippen molar-refractivity contribution < 1.29 is 8.42 Å². The number of aromatic nitrogens is 1. The Bertz CT molecular complexity index is 601. The minimum absolute atomic E-state index is 0.0497. The Morgan fingerprint density at radius 2 is 2.13 bits per heavy atom. The van der Waals surface area contributed by atoms with Crippen LogP contribution in [0.3, 0.4) is 0 Å². The van der Waals surface area contributed by atoms with Crippen LogP contribution in [0.2, 0.25) is 0 Å². The van der Waals surface area contributed by atoms with Crippen LogP contribution in [-0.2, 0) is 15.6 Å². The van der Waals surface area contributed by atoms with E-state index in [1.807, 2.05) is 24.3 Å². The summed E-state index contributed by atoms with van der Waals surface area (Å²) >= 11 is 3.41. The predicted molar refractivity (Wildman–Crippen MR) is 64.5 cm³/mol. The second kappa shape index (κ2) is 3.64. The highest BCUT2D eigenvalue weighted by Crippen LogP contribution is 2.24. The van der Waals surface area contributed by atoms with Crippen molar-refractivity contribution in [1.82, 2.24) is 4.98 Å². The summed E-state index contributed by atoms with van der Waals surface area (Å²) in [5.41, 5.74) is 1.66. The number of aromatic amines is 1. The van der Waals surface area contributed by atoms with Crippen LogP contribution in [0.1, 0.15) is 5.69 Å². The zero-order valence-electron chi connectivity index (χ0n) is 8.12. The van der Waals surface area contributed by atoms with Crippen molar-refractivity contribution in [3.63, 3.8) is 0 Å². The van der Waals surface area contributed by atoms with E-state index in [-0.39, 0.29) is 5.75 Å². The Morgan fingerprint density at radius 3 is 2.73 bits per heavy atom. The molecule has 0 radical (unpaired) electrons. The summed E-state index contributed by atoms with van der Waals surface area (Å²) in [4.78, 5) is 3.09. The molecule has 0 saturated heterocycles. The van der Waals surface area contributed by atoms with Crippen LogP contribution >= 0.6 is 15.9 Å².